The van der Waals surface area contributed by atoms with E-state index in [9.17, 15) is 14.4 Å². The fourth-order valence-corrected chi connectivity index (χ4v) is 3.24. The summed E-state index contributed by atoms with van der Waals surface area (Å²) in [5.74, 6) is -0.410. The number of fused-ring (bicyclic) bond motifs is 1. The van der Waals surface area contributed by atoms with Crippen LogP contribution in [0, 0.1) is 0 Å². The Bertz CT molecular complexity index is 1110. The molecule has 1 aliphatic heterocycles. The van der Waals surface area contributed by atoms with Gasteiger partial charge in [0.15, 0.2) is 5.82 Å². The van der Waals surface area contributed by atoms with Gasteiger partial charge in [-0.25, -0.2) is 9.80 Å². The van der Waals surface area contributed by atoms with E-state index in [1.807, 2.05) is 6.07 Å². The molecule has 0 radical (unpaired) electrons. The van der Waals surface area contributed by atoms with Gasteiger partial charge in [0.2, 0.25) is 0 Å². The van der Waals surface area contributed by atoms with Gasteiger partial charge in [0, 0.05) is 35.6 Å². The van der Waals surface area contributed by atoms with E-state index in [2.05, 4.69) is 20.8 Å². The molecule has 0 fully saturated rings. The number of hydrazine groups is 1. The number of hydrogen-bond donors (Lipinski definition) is 2. The molecule has 2 amide bonds. The average molecular weight is 420 g/mol. The fraction of sp³-hybridized carbons (Fsp3) is 0.190. The van der Waals surface area contributed by atoms with E-state index < -0.39 is 6.09 Å². The van der Waals surface area contributed by atoms with E-state index in [1.165, 1.54) is 12.4 Å². The van der Waals surface area contributed by atoms with Crippen molar-refractivity contribution in [3.05, 3.63) is 77.2 Å². The smallest absolute Gasteiger partial charge is 0.435 e. The zero-order valence-corrected chi connectivity index (χ0v) is 16.7. The Morgan fingerprint density at radius 3 is 2.42 bits per heavy atom. The molecule has 3 heterocycles. The Kier molecular flexibility index (Phi) is 5.72. The standard InChI is InChI=1S/C21H20N6O4/c1-2-31-21(30)27-17-13-26(25-20(29)15-8-10-22-11-9-15)12-16(17)18(24-27)23-19(28)14-6-4-3-5-7-14/h3-11H,2,12-13H2,1H3,(H,25,29)(H,23,24,28). The molecule has 2 aromatic heterocycles. The number of aromatic nitrogens is 3. The lowest BCUT2D eigenvalue weighted by Crippen LogP contribution is -2.39. The first kappa shape index (κ1) is 20.2. The molecular weight excluding hydrogens is 400 g/mol. The van der Waals surface area contributed by atoms with Gasteiger partial charge >= 0.3 is 6.09 Å². The van der Waals surface area contributed by atoms with Crippen LogP contribution in [0.5, 0.6) is 0 Å². The summed E-state index contributed by atoms with van der Waals surface area (Å²) in [5, 5.41) is 8.65. The van der Waals surface area contributed by atoms with Crippen LogP contribution in [-0.2, 0) is 17.8 Å². The molecule has 10 heteroatoms. The highest BCUT2D eigenvalue weighted by Crippen LogP contribution is 2.29. The van der Waals surface area contributed by atoms with Crippen LogP contribution >= 0.6 is 0 Å². The maximum atomic E-state index is 12.6. The molecule has 158 valence electrons. The Morgan fingerprint density at radius 2 is 1.71 bits per heavy atom. The number of nitrogens with one attached hydrogen (secondary N) is 2. The summed E-state index contributed by atoms with van der Waals surface area (Å²) in [4.78, 5) is 41.4. The number of benzene rings is 1. The van der Waals surface area contributed by atoms with Crippen LogP contribution in [0.1, 0.15) is 38.9 Å². The molecule has 1 aromatic carbocycles. The molecule has 31 heavy (non-hydrogen) atoms. The Labute approximate surface area is 177 Å². The van der Waals surface area contributed by atoms with Crippen molar-refractivity contribution in [3.63, 3.8) is 0 Å². The number of nitrogens with zero attached hydrogens (tertiary/aromatic N) is 4. The minimum Gasteiger partial charge on any atom is -0.448 e. The second kappa shape index (κ2) is 8.76. The van der Waals surface area contributed by atoms with Gasteiger partial charge in [-0.15, -0.1) is 5.10 Å². The van der Waals surface area contributed by atoms with Crippen molar-refractivity contribution in [1.29, 1.82) is 0 Å². The van der Waals surface area contributed by atoms with Crippen molar-refractivity contribution in [1.82, 2.24) is 25.2 Å². The predicted molar refractivity (Wildman–Crippen MR) is 110 cm³/mol. The lowest BCUT2D eigenvalue weighted by molar-refractivity contribution is 0.0780. The highest BCUT2D eigenvalue weighted by molar-refractivity contribution is 6.04. The molecule has 0 unspecified atom stereocenters. The van der Waals surface area contributed by atoms with Crippen LogP contribution < -0.4 is 10.7 Å². The van der Waals surface area contributed by atoms with Crippen molar-refractivity contribution in [2.24, 2.45) is 0 Å². The number of ether oxygens (including phenoxy) is 1. The fourth-order valence-electron chi connectivity index (χ4n) is 3.24. The lowest BCUT2D eigenvalue weighted by atomic mass is 10.2. The maximum Gasteiger partial charge on any atom is 0.435 e. The summed E-state index contributed by atoms with van der Waals surface area (Å²) in [7, 11) is 0. The summed E-state index contributed by atoms with van der Waals surface area (Å²) in [5.41, 5.74) is 4.88. The quantitative estimate of drug-likeness (QED) is 0.649. The summed E-state index contributed by atoms with van der Waals surface area (Å²) < 4.78 is 6.20. The summed E-state index contributed by atoms with van der Waals surface area (Å²) in [6.07, 6.45) is 2.41. The molecule has 3 aromatic rings. The van der Waals surface area contributed by atoms with Gasteiger partial charge in [-0.1, -0.05) is 18.2 Å². The third kappa shape index (κ3) is 4.28. The zero-order valence-electron chi connectivity index (χ0n) is 16.7. The summed E-state index contributed by atoms with van der Waals surface area (Å²) >= 11 is 0. The third-order valence-corrected chi connectivity index (χ3v) is 4.69. The zero-order chi connectivity index (χ0) is 21.8. The van der Waals surface area contributed by atoms with Crippen molar-refractivity contribution in [2.45, 2.75) is 20.0 Å². The Balaban J connectivity index is 1.57. The van der Waals surface area contributed by atoms with Crippen LogP contribution in [0.25, 0.3) is 0 Å². The first-order chi connectivity index (χ1) is 15.1. The molecule has 10 nitrogen and oxygen atoms in total. The number of rotatable bonds is 5. The van der Waals surface area contributed by atoms with E-state index in [-0.39, 0.29) is 37.3 Å². The largest absolute Gasteiger partial charge is 0.448 e. The molecule has 0 atom stereocenters. The molecule has 1 aliphatic rings. The third-order valence-electron chi connectivity index (χ3n) is 4.69. The van der Waals surface area contributed by atoms with Crippen LogP contribution in [0.2, 0.25) is 0 Å². The molecule has 4 rings (SSSR count). The van der Waals surface area contributed by atoms with E-state index in [4.69, 9.17) is 4.74 Å². The molecule has 0 saturated carbocycles. The Morgan fingerprint density at radius 1 is 1.00 bits per heavy atom. The van der Waals surface area contributed by atoms with E-state index >= 15 is 0 Å². The van der Waals surface area contributed by atoms with Crippen molar-refractivity contribution in [2.75, 3.05) is 11.9 Å². The van der Waals surface area contributed by atoms with Gasteiger partial charge in [-0.3, -0.25) is 20.0 Å². The van der Waals surface area contributed by atoms with Gasteiger partial charge < -0.3 is 10.1 Å². The first-order valence-electron chi connectivity index (χ1n) is 9.67. The molecule has 0 spiro atoms. The molecule has 2 N–H and O–H groups in total. The minimum absolute atomic E-state index is 0.182. The molecular formula is C21H20N6O4. The average Bonchev–Trinajstić information content (AvgIpc) is 3.34. The number of carbonyl (C=O) groups excluding carboxylic acids is 3. The number of pyridine rings is 1. The van der Waals surface area contributed by atoms with Gasteiger partial charge in [-0.2, -0.15) is 4.68 Å². The van der Waals surface area contributed by atoms with Crippen molar-refractivity contribution < 1.29 is 19.1 Å². The van der Waals surface area contributed by atoms with E-state index in [0.29, 0.717) is 22.4 Å². The number of amides is 2. The predicted octanol–water partition coefficient (Wildman–Crippen LogP) is 2.20. The van der Waals surface area contributed by atoms with E-state index in [0.717, 1.165) is 4.68 Å². The van der Waals surface area contributed by atoms with E-state index in [1.54, 1.807) is 48.3 Å². The van der Waals surface area contributed by atoms with Crippen LogP contribution in [-0.4, -0.2) is 44.3 Å². The van der Waals surface area contributed by atoms with Crippen LogP contribution in [0.15, 0.2) is 54.9 Å². The topological polar surface area (TPSA) is 118 Å². The highest BCUT2D eigenvalue weighted by atomic mass is 16.6. The monoisotopic (exact) mass is 420 g/mol. The van der Waals surface area contributed by atoms with Crippen LogP contribution in [0.4, 0.5) is 10.6 Å². The lowest BCUT2D eigenvalue weighted by Gasteiger charge is -2.17. The van der Waals surface area contributed by atoms with Gasteiger partial charge in [0.1, 0.15) is 0 Å². The van der Waals surface area contributed by atoms with Crippen LogP contribution in [0.3, 0.4) is 0 Å². The second-order valence-electron chi connectivity index (χ2n) is 6.74. The van der Waals surface area contributed by atoms with Crippen molar-refractivity contribution in [3.8, 4) is 0 Å². The normalized spacial score (nSPS) is 12.8. The maximum absolute atomic E-state index is 12.6. The Hall–Kier alpha value is -4.05. The highest BCUT2D eigenvalue weighted by Gasteiger charge is 2.32. The minimum atomic E-state index is -0.652. The molecule has 0 saturated heterocycles. The molecule has 0 bridgehead atoms. The second-order valence-corrected chi connectivity index (χ2v) is 6.74. The number of carbonyl (C=O) groups is 3. The number of anilines is 1. The van der Waals surface area contributed by atoms with Gasteiger partial charge in [0.25, 0.3) is 11.8 Å². The summed E-state index contributed by atoms with van der Waals surface area (Å²) in [6.45, 7) is 2.36. The summed E-state index contributed by atoms with van der Waals surface area (Å²) in [6, 6.07) is 11.9. The SMILES string of the molecule is CCOC(=O)n1nc(NC(=O)c2ccccc2)c2c1CN(NC(=O)c1ccncc1)C2. The molecule has 0 aliphatic carbocycles. The van der Waals surface area contributed by atoms with Gasteiger partial charge in [-0.05, 0) is 31.2 Å². The van der Waals surface area contributed by atoms with Gasteiger partial charge in [0.05, 0.1) is 18.8 Å². The van der Waals surface area contributed by atoms with Crippen molar-refractivity contribution >= 4 is 23.7 Å². The number of hydrogen-bond acceptors (Lipinski definition) is 7. The first-order valence-corrected chi connectivity index (χ1v) is 9.67.